The summed E-state index contributed by atoms with van der Waals surface area (Å²) >= 11 is 0. The van der Waals surface area contributed by atoms with Crippen molar-refractivity contribution in [3.63, 3.8) is 0 Å². The second-order valence-electron chi connectivity index (χ2n) is 4.08. The highest BCUT2D eigenvalue weighted by atomic mass is 31.2. The molecule has 0 aromatic carbocycles. The highest BCUT2D eigenvalue weighted by Crippen LogP contribution is 2.66. The topological polar surface area (TPSA) is 35.5 Å². The second-order valence-corrected chi connectivity index (χ2v) is 6.34. The summed E-state index contributed by atoms with van der Waals surface area (Å²) in [4.78, 5) is 0. The Morgan fingerprint density at radius 3 is 2.27 bits per heavy atom. The first kappa shape index (κ1) is 13.2. The molecule has 90 valence electrons. The van der Waals surface area contributed by atoms with Crippen molar-refractivity contribution in [2.24, 2.45) is 5.92 Å². The summed E-state index contributed by atoms with van der Waals surface area (Å²) in [5, 5.41) is 0. The predicted octanol–water partition coefficient (Wildman–Crippen LogP) is 3.83. The Morgan fingerprint density at radius 1 is 1.20 bits per heavy atom. The first-order valence-corrected chi connectivity index (χ1v) is 7.67. The van der Waals surface area contributed by atoms with Gasteiger partial charge in [-0.2, -0.15) is 0 Å². The molecule has 1 aliphatic carbocycles. The van der Waals surface area contributed by atoms with Crippen LogP contribution in [0.3, 0.4) is 0 Å². The first-order chi connectivity index (χ1) is 7.18. The van der Waals surface area contributed by atoms with Crippen molar-refractivity contribution in [1.82, 2.24) is 0 Å². The van der Waals surface area contributed by atoms with Gasteiger partial charge in [-0.3, -0.25) is 4.57 Å². The quantitative estimate of drug-likeness (QED) is 0.599. The van der Waals surface area contributed by atoms with Gasteiger partial charge in [0.15, 0.2) is 0 Å². The van der Waals surface area contributed by atoms with Crippen molar-refractivity contribution >= 4 is 7.60 Å². The molecule has 1 rings (SSSR count). The lowest BCUT2D eigenvalue weighted by atomic mass is 10.2. The summed E-state index contributed by atoms with van der Waals surface area (Å²) in [6, 6.07) is 0. The Hall–Kier alpha value is 0.150. The van der Waals surface area contributed by atoms with Crippen molar-refractivity contribution < 1.29 is 13.6 Å². The molecule has 0 aromatic heterocycles. The maximum atomic E-state index is 12.3. The molecule has 0 amide bonds. The fourth-order valence-corrected chi connectivity index (χ4v) is 4.36. The molecule has 0 N–H and O–H groups in total. The summed E-state index contributed by atoms with van der Waals surface area (Å²) in [6.07, 6.45) is 4.62. The zero-order chi connectivity index (χ0) is 11.3. The van der Waals surface area contributed by atoms with E-state index in [0.717, 1.165) is 6.42 Å². The van der Waals surface area contributed by atoms with Crippen LogP contribution in [0.1, 0.15) is 46.5 Å². The van der Waals surface area contributed by atoms with Crippen LogP contribution in [0.15, 0.2) is 0 Å². The van der Waals surface area contributed by atoms with Gasteiger partial charge in [-0.15, -0.1) is 0 Å². The first-order valence-electron chi connectivity index (χ1n) is 6.06. The fourth-order valence-electron chi connectivity index (χ4n) is 1.98. The van der Waals surface area contributed by atoms with E-state index in [4.69, 9.17) is 9.05 Å². The molecule has 2 atom stereocenters. The smallest absolute Gasteiger partial charge is 0.309 e. The monoisotopic (exact) mass is 234 g/mol. The van der Waals surface area contributed by atoms with Crippen LogP contribution in [0.25, 0.3) is 0 Å². The molecule has 3 nitrogen and oxygen atoms in total. The number of hydrogen-bond acceptors (Lipinski definition) is 3. The van der Waals surface area contributed by atoms with Crippen LogP contribution < -0.4 is 0 Å². The van der Waals surface area contributed by atoms with E-state index in [1.807, 2.05) is 13.8 Å². The maximum absolute atomic E-state index is 12.3. The molecule has 1 saturated carbocycles. The summed E-state index contributed by atoms with van der Waals surface area (Å²) in [6.45, 7) is 6.88. The molecule has 0 radical (unpaired) electrons. The average Bonchev–Trinajstić information content (AvgIpc) is 2.95. The lowest BCUT2D eigenvalue weighted by Crippen LogP contribution is -2.02. The van der Waals surface area contributed by atoms with Crippen molar-refractivity contribution in [3.05, 3.63) is 0 Å². The molecular weight excluding hydrogens is 211 g/mol. The van der Waals surface area contributed by atoms with Gasteiger partial charge in [-0.05, 0) is 32.6 Å². The van der Waals surface area contributed by atoms with Crippen molar-refractivity contribution in [2.45, 2.75) is 52.1 Å². The van der Waals surface area contributed by atoms with E-state index in [1.54, 1.807) is 0 Å². The third-order valence-electron chi connectivity index (χ3n) is 2.84. The van der Waals surface area contributed by atoms with Gasteiger partial charge >= 0.3 is 7.60 Å². The molecule has 15 heavy (non-hydrogen) atoms. The van der Waals surface area contributed by atoms with Gasteiger partial charge in [0.05, 0.1) is 18.9 Å². The van der Waals surface area contributed by atoms with Gasteiger partial charge in [-0.25, -0.2) is 0 Å². The molecule has 0 heterocycles. The maximum Gasteiger partial charge on any atom is 0.333 e. The summed E-state index contributed by atoms with van der Waals surface area (Å²) in [7, 11) is -2.78. The molecule has 0 aliphatic heterocycles. The third kappa shape index (κ3) is 3.58. The van der Waals surface area contributed by atoms with E-state index in [1.165, 1.54) is 19.3 Å². The zero-order valence-corrected chi connectivity index (χ0v) is 11.0. The molecular formula is C11H23O3P. The van der Waals surface area contributed by atoms with Gasteiger partial charge in [0.2, 0.25) is 0 Å². The predicted molar refractivity (Wildman–Crippen MR) is 62.3 cm³/mol. The van der Waals surface area contributed by atoms with E-state index in [-0.39, 0.29) is 5.66 Å². The fraction of sp³-hybridized carbons (Fsp3) is 1.00. The highest BCUT2D eigenvalue weighted by molar-refractivity contribution is 7.55. The SMILES string of the molecule is CCCC[C@@H]1C[C@H]1P(=O)(OCC)OCC. The standard InChI is InChI=1S/C11H23O3P/c1-4-7-8-10-9-11(10)15(12,13-5-2)14-6-3/h10-11H,4-9H2,1-3H3/t10-,11-/m1/s1. The Labute approximate surface area is 93.1 Å². The lowest BCUT2D eigenvalue weighted by Gasteiger charge is -2.16. The van der Waals surface area contributed by atoms with Gasteiger partial charge in [-0.1, -0.05) is 19.8 Å². The Kier molecular flexibility index (Phi) is 5.31. The molecule has 0 saturated heterocycles. The Balaban J connectivity index is 2.42. The lowest BCUT2D eigenvalue weighted by molar-refractivity contribution is 0.217. The normalized spacial score (nSPS) is 25.5. The Bertz CT molecular complexity index is 220. The van der Waals surface area contributed by atoms with Gasteiger partial charge < -0.3 is 9.05 Å². The zero-order valence-electron chi connectivity index (χ0n) is 10.1. The average molecular weight is 234 g/mol. The molecule has 4 heteroatoms. The van der Waals surface area contributed by atoms with Crippen LogP contribution in [-0.4, -0.2) is 18.9 Å². The largest absolute Gasteiger partial charge is 0.333 e. The van der Waals surface area contributed by atoms with Crippen molar-refractivity contribution in [2.75, 3.05) is 13.2 Å². The van der Waals surface area contributed by atoms with Crippen LogP contribution in [0.4, 0.5) is 0 Å². The second kappa shape index (κ2) is 6.03. The Morgan fingerprint density at radius 2 is 1.80 bits per heavy atom. The molecule has 0 bridgehead atoms. The van der Waals surface area contributed by atoms with Gasteiger partial charge in [0, 0.05) is 0 Å². The number of hydrogen-bond donors (Lipinski definition) is 0. The van der Waals surface area contributed by atoms with Crippen LogP contribution in [0.5, 0.6) is 0 Å². The molecule has 1 fully saturated rings. The van der Waals surface area contributed by atoms with E-state index in [0.29, 0.717) is 19.1 Å². The van der Waals surface area contributed by atoms with E-state index < -0.39 is 7.60 Å². The molecule has 1 aliphatic rings. The minimum absolute atomic E-state index is 0.184. The van der Waals surface area contributed by atoms with E-state index in [2.05, 4.69) is 6.92 Å². The van der Waals surface area contributed by atoms with Crippen LogP contribution in [-0.2, 0) is 13.6 Å². The van der Waals surface area contributed by atoms with Crippen LogP contribution in [0.2, 0.25) is 0 Å². The van der Waals surface area contributed by atoms with Crippen LogP contribution >= 0.6 is 7.60 Å². The number of unbranched alkanes of at least 4 members (excludes halogenated alkanes) is 1. The van der Waals surface area contributed by atoms with Crippen LogP contribution in [0, 0.1) is 5.92 Å². The van der Waals surface area contributed by atoms with E-state index >= 15 is 0 Å². The van der Waals surface area contributed by atoms with E-state index in [9.17, 15) is 4.57 Å². The minimum atomic E-state index is -2.78. The summed E-state index contributed by atoms with van der Waals surface area (Å²) in [5.74, 6) is 0.578. The number of rotatable bonds is 8. The minimum Gasteiger partial charge on any atom is -0.309 e. The molecule has 0 unspecified atom stereocenters. The summed E-state index contributed by atoms with van der Waals surface area (Å²) in [5.41, 5.74) is 0.184. The third-order valence-corrected chi connectivity index (χ3v) is 5.52. The highest BCUT2D eigenvalue weighted by Gasteiger charge is 2.51. The van der Waals surface area contributed by atoms with Gasteiger partial charge in [0.1, 0.15) is 0 Å². The summed E-state index contributed by atoms with van der Waals surface area (Å²) < 4.78 is 23.0. The van der Waals surface area contributed by atoms with Crippen molar-refractivity contribution in [1.29, 1.82) is 0 Å². The van der Waals surface area contributed by atoms with Gasteiger partial charge in [0.25, 0.3) is 0 Å². The molecule has 0 spiro atoms. The molecule has 0 aromatic rings. The van der Waals surface area contributed by atoms with Crippen molar-refractivity contribution in [3.8, 4) is 0 Å².